The molecule has 1 aliphatic rings. The van der Waals surface area contributed by atoms with E-state index >= 15 is 0 Å². The maximum Gasteiger partial charge on any atom is 0.189 e. The Kier molecular flexibility index (Phi) is 4.10. The molecule has 0 unspecified atom stereocenters. The first kappa shape index (κ1) is 16.1. The molecule has 0 bridgehead atoms. The van der Waals surface area contributed by atoms with Crippen LogP contribution >= 0.6 is 23.1 Å². The first-order chi connectivity index (χ1) is 11.6. The van der Waals surface area contributed by atoms with Gasteiger partial charge >= 0.3 is 0 Å². The highest BCUT2D eigenvalue weighted by atomic mass is 32.2. The largest absolute Gasteiger partial charge is 0.307 e. The quantitative estimate of drug-likeness (QED) is 0.318. The van der Waals surface area contributed by atoms with Crippen LogP contribution in [0.4, 0.5) is 5.82 Å². The minimum Gasteiger partial charge on any atom is -0.307 e. The minimum absolute atomic E-state index is 0.609. The molecule has 3 aromatic heterocycles. The number of aromatic nitrogens is 3. The maximum atomic E-state index is 5.71. The second-order valence-electron chi connectivity index (χ2n) is 6.63. The zero-order valence-corrected chi connectivity index (χ0v) is 15.8. The molecule has 3 aromatic rings. The predicted octanol–water partition coefficient (Wildman–Crippen LogP) is 3.93. The number of fused-ring (bicyclic) bond motifs is 5. The van der Waals surface area contributed by atoms with Crippen LogP contribution in [0.2, 0.25) is 0 Å². The Morgan fingerprint density at radius 1 is 1.21 bits per heavy atom. The summed E-state index contributed by atoms with van der Waals surface area (Å²) in [7, 11) is 0. The SMILES string of the molecule is CSc1nc(NN)c2sc3nc(CC(C)C)c4c(c3c2n1)CCC4. The lowest BCUT2D eigenvalue weighted by Gasteiger charge is -2.11. The van der Waals surface area contributed by atoms with Crippen LogP contribution in [0.3, 0.4) is 0 Å². The molecular formula is C17H21N5S2. The van der Waals surface area contributed by atoms with Crippen LogP contribution in [-0.2, 0) is 19.3 Å². The number of nitrogen functional groups attached to an aromatic ring is 1. The van der Waals surface area contributed by atoms with E-state index in [2.05, 4.69) is 24.3 Å². The van der Waals surface area contributed by atoms with Crippen LogP contribution in [-0.4, -0.2) is 21.2 Å². The van der Waals surface area contributed by atoms with E-state index in [9.17, 15) is 0 Å². The molecule has 3 heterocycles. The van der Waals surface area contributed by atoms with Gasteiger partial charge in [-0.25, -0.2) is 20.8 Å². The molecule has 5 nitrogen and oxygen atoms in total. The van der Waals surface area contributed by atoms with Gasteiger partial charge in [0.2, 0.25) is 0 Å². The highest BCUT2D eigenvalue weighted by molar-refractivity contribution is 7.98. The molecular weight excluding hydrogens is 338 g/mol. The summed E-state index contributed by atoms with van der Waals surface area (Å²) in [5, 5.41) is 1.97. The van der Waals surface area contributed by atoms with Crippen molar-refractivity contribution in [2.24, 2.45) is 11.8 Å². The molecule has 24 heavy (non-hydrogen) atoms. The number of nitrogens with zero attached hydrogens (tertiary/aromatic N) is 3. The molecule has 0 fully saturated rings. The summed E-state index contributed by atoms with van der Waals surface area (Å²) in [6.07, 6.45) is 6.49. The van der Waals surface area contributed by atoms with Crippen molar-refractivity contribution >= 4 is 49.3 Å². The van der Waals surface area contributed by atoms with Crippen molar-refractivity contribution in [1.29, 1.82) is 0 Å². The number of thiophene rings is 1. The summed E-state index contributed by atoms with van der Waals surface area (Å²) < 4.78 is 1.01. The monoisotopic (exact) mass is 359 g/mol. The Hall–Kier alpha value is -1.44. The van der Waals surface area contributed by atoms with Crippen molar-refractivity contribution in [3.05, 3.63) is 16.8 Å². The summed E-state index contributed by atoms with van der Waals surface area (Å²) >= 11 is 3.19. The van der Waals surface area contributed by atoms with Gasteiger partial charge in [0.15, 0.2) is 11.0 Å². The highest BCUT2D eigenvalue weighted by Gasteiger charge is 2.25. The van der Waals surface area contributed by atoms with E-state index in [4.69, 9.17) is 15.8 Å². The number of hydrogen-bond donors (Lipinski definition) is 2. The van der Waals surface area contributed by atoms with Crippen molar-refractivity contribution in [3.63, 3.8) is 0 Å². The van der Waals surface area contributed by atoms with Crippen molar-refractivity contribution in [1.82, 2.24) is 15.0 Å². The Labute approximate surface area is 149 Å². The topological polar surface area (TPSA) is 76.7 Å². The summed E-state index contributed by atoms with van der Waals surface area (Å²) in [6.45, 7) is 4.51. The van der Waals surface area contributed by atoms with E-state index in [-0.39, 0.29) is 0 Å². The van der Waals surface area contributed by atoms with Crippen LogP contribution in [0.25, 0.3) is 20.4 Å². The van der Waals surface area contributed by atoms with E-state index in [1.165, 1.54) is 40.4 Å². The summed E-state index contributed by atoms with van der Waals surface area (Å²) in [5.74, 6) is 7.01. The van der Waals surface area contributed by atoms with Crippen molar-refractivity contribution in [3.8, 4) is 0 Å². The number of thioether (sulfide) groups is 1. The molecule has 0 aromatic carbocycles. The minimum atomic E-state index is 0.609. The number of rotatable bonds is 4. The summed E-state index contributed by atoms with van der Waals surface area (Å²) in [5.41, 5.74) is 7.93. The molecule has 7 heteroatoms. The zero-order valence-electron chi connectivity index (χ0n) is 14.1. The lowest BCUT2D eigenvalue weighted by atomic mass is 9.99. The molecule has 3 N–H and O–H groups in total. The number of hydrazine groups is 1. The van der Waals surface area contributed by atoms with Gasteiger partial charge in [0.05, 0.1) is 10.2 Å². The van der Waals surface area contributed by atoms with Crippen molar-refractivity contribution in [2.45, 2.75) is 44.7 Å². The third-order valence-corrected chi connectivity index (χ3v) is 6.15. The van der Waals surface area contributed by atoms with Crippen LogP contribution < -0.4 is 11.3 Å². The predicted molar refractivity (Wildman–Crippen MR) is 103 cm³/mol. The smallest absolute Gasteiger partial charge is 0.189 e. The number of pyridine rings is 1. The Balaban J connectivity index is 2.07. The number of aryl methyl sites for hydroxylation is 1. The first-order valence-electron chi connectivity index (χ1n) is 8.27. The van der Waals surface area contributed by atoms with E-state index < -0.39 is 0 Å². The third-order valence-electron chi connectivity index (χ3n) is 4.52. The van der Waals surface area contributed by atoms with Gasteiger partial charge in [-0.2, -0.15) is 0 Å². The molecule has 4 rings (SSSR count). The fourth-order valence-corrected chi connectivity index (χ4v) is 5.05. The van der Waals surface area contributed by atoms with Crippen LogP contribution in [0, 0.1) is 5.92 Å². The fourth-order valence-electron chi connectivity index (χ4n) is 3.57. The molecule has 0 aliphatic heterocycles. The van der Waals surface area contributed by atoms with E-state index in [0.717, 1.165) is 39.5 Å². The van der Waals surface area contributed by atoms with Crippen molar-refractivity contribution in [2.75, 3.05) is 11.7 Å². The molecule has 1 aliphatic carbocycles. The zero-order chi connectivity index (χ0) is 16.8. The van der Waals surface area contributed by atoms with Gasteiger partial charge in [0.25, 0.3) is 0 Å². The van der Waals surface area contributed by atoms with E-state index in [1.54, 1.807) is 11.3 Å². The van der Waals surface area contributed by atoms with E-state index in [1.807, 2.05) is 6.26 Å². The third kappa shape index (κ3) is 2.46. The molecule has 0 spiro atoms. The normalized spacial score (nSPS) is 14.0. The molecule has 126 valence electrons. The van der Waals surface area contributed by atoms with Crippen LogP contribution in [0.15, 0.2) is 5.16 Å². The Bertz CT molecular complexity index is 932. The molecule has 0 amide bonds. The van der Waals surface area contributed by atoms with Crippen LogP contribution in [0.5, 0.6) is 0 Å². The van der Waals surface area contributed by atoms with Gasteiger partial charge in [-0.1, -0.05) is 25.6 Å². The second-order valence-corrected chi connectivity index (χ2v) is 8.40. The summed E-state index contributed by atoms with van der Waals surface area (Å²) in [6, 6.07) is 0. The molecule has 0 saturated heterocycles. The maximum absolute atomic E-state index is 5.71. The van der Waals surface area contributed by atoms with Crippen molar-refractivity contribution < 1.29 is 0 Å². The van der Waals surface area contributed by atoms with Gasteiger partial charge in [-0.15, -0.1) is 11.3 Å². The fraction of sp³-hybridized carbons (Fsp3) is 0.471. The number of nitrogens with two attached hydrogens (primary N) is 1. The molecule has 0 saturated carbocycles. The Morgan fingerprint density at radius 3 is 2.71 bits per heavy atom. The number of nitrogens with one attached hydrogen (secondary N) is 1. The Morgan fingerprint density at radius 2 is 2.00 bits per heavy atom. The van der Waals surface area contributed by atoms with Gasteiger partial charge in [-0.05, 0) is 49.0 Å². The second kappa shape index (κ2) is 6.13. The standard InChI is InChI=1S/C17H21N5S2/c1-8(2)7-11-9-5-4-6-10(9)12-13-14(24-16(12)19-11)15(22-18)21-17(20-13)23-3/h8H,4-7,18H2,1-3H3,(H,20,21,22). The van der Waals surface area contributed by atoms with Gasteiger partial charge in [0.1, 0.15) is 4.83 Å². The highest BCUT2D eigenvalue weighted by Crippen LogP contribution is 2.42. The van der Waals surface area contributed by atoms with E-state index in [0.29, 0.717) is 11.7 Å². The average Bonchev–Trinajstić information content (AvgIpc) is 3.17. The molecule has 0 radical (unpaired) electrons. The lowest BCUT2D eigenvalue weighted by molar-refractivity contribution is 0.632. The average molecular weight is 360 g/mol. The first-order valence-corrected chi connectivity index (χ1v) is 10.3. The number of anilines is 1. The molecule has 0 atom stereocenters. The number of hydrogen-bond acceptors (Lipinski definition) is 7. The van der Waals surface area contributed by atoms with Gasteiger partial charge in [-0.3, -0.25) is 0 Å². The summed E-state index contributed by atoms with van der Waals surface area (Å²) in [4.78, 5) is 15.4. The van der Waals surface area contributed by atoms with Gasteiger partial charge < -0.3 is 5.43 Å². The lowest BCUT2D eigenvalue weighted by Crippen LogP contribution is -2.09. The van der Waals surface area contributed by atoms with Crippen LogP contribution in [0.1, 0.15) is 37.1 Å². The van der Waals surface area contributed by atoms with Gasteiger partial charge in [0, 0.05) is 11.1 Å².